The lowest BCUT2D eigenvalue weighted by molar-refractivity contribution is 0.373. The molecule has 3 N–H and O–H groups in total. The Labute approximate surface area is 181 Å². The van der Waals surface area contributed by atoms with Gasteiger partial charge in [-0.2, -0.15) is 0 Å². The number of aromatic amines is 1. The molecule has 6 heteroatoms. The van der Waals surface area contributed by atoms with E-state index in [-0.39, 0.29) is 5.75 Å². The normalized spacial score (nSPS) is 14.6. The second-order valence-corrected chi connectivity index (χ2v) is 8.12. The average molecular weight is 415 g/mol. The van der Waals surface area contributed by atoms with Crippen LogP contribution in [0.25, 0.3) is 33.3 Å². The molecule has 5 rings (SSSR count). The molecule has 1 aromatic carbocycles. The number of rotatable bonds is 5. The van der Waals surface area contributed by atoms with E-state index < -0.39 is 0 Å². The summed E-state index contributed by atoms with van der Waals surface area (Å²) in [7, 11) is 1.55. The monoisotopic (exact) mass is 414 g/mol. The number of phenolic OH excluding ortho intramolecular Hbond substituents is 1. The molecule has 0 bridgehead atoms. The second-order valence-electron chi connectivity index (χ2n) is 8.12. The Bertz CT molecular complexity index is 1190. The Hall–Kier alpha value is -3.54. The Balaban J connectivity index is 1.44. The van der Waals surface area contributed by atoms with Crippen LogP contribution in [0.4, 0.5) is 5.82 Å². The number of nitrogens with zero attached hydrogens (tertiary/aromatic N) is 2. The molecule has 3 aromatic heterocycles. The summed E-state index contributed by atoms with van der Waals surface area (Å²) < 4.78 is 5.25. The first-order valence-corrected chi connectivity index (χ1v) is 10.8. The third-order valence-corrected chi connectivity index (χ3v) is 6.08. The average Bonchev–Trinajstić information content (AvgIpc) is 3.24. The minimum absolute atomic E-state index is 0.121. The van der Waals surface area contributed by atoms with E-state index in [2.05, 4.69) is 38.5 Å². The third kappa shape index (κ3) is 3.93. The maximum absolute atomic E-state index is 9.88. The highest BCUT2D eigenvalue weighted by Crippen LogP contribution is 2.34. The number of phenols is 1. The van der Waals surface area contributed by atoms with Crippen LogP contribution in [0.5, 0.6) is 11.5 Å². The molecule has 0 saturated heterocycles. The van der Waals surface area contributed by atoms with E-state index in [9.17, 15) is 5.11 Å². The van der Waals surface area contributed by atoms with Crippen molar-refractivity contribution in [1.82, 2.24) is 15.0 Å². The van der Waals surface area contributed by atoms with E-state index >= 15 is 0 Å². The Morgan fingerprint density at radius 2 is 1.77 bits per heavy atom. The molecule has 0 radical (unpaired) electrons. The van der Waals surface area contributed by atoms with Crippen LogP contribution in [0.15, 0.2) is 55.0 Å². The minimum Gasteiger partial charge on any atom is -0.504 e. The van der Waals surface area contributed by atoms with E-state index in [0.717, 1.165) is 39.1 Å². The van der Waals surface area contributed by atoms with Crippen molar-refractivity contribution in [1.29, 1.82) is 0 Å². The van der Waals surface area contributed by atoms with Gasteiger partial charge in [-0.05, 0) is 48.7 Å². The fourth-order valence-corrected chi connectivity index (χ4v) is 4.35. The van der Waals surface area contributed by atoms with Crippen LogP contribution in [0.1, 0.15) is 32.1 Å². The molecular weight excluding hydrogens is 388 g/mol. The quantitative estimate of drug-likeness (QED) is 0.387. The molecule has 1 saturated carbocycles. The van der Waals surface area contributed by atoms with Gasteiger partial charge < -0.3 is 20.1 Å². The van der Waals surface area contributed by atoms with Crippen LogP contribution < -0.4 is 10.1 Å². The fraction of sp³-hybridized carbons (Fsp3) is 0.280. The summed E-state index contributed by atoms with van der Waals surface area (Å²) in [6, 6.07) is 12.1. The van der Waals surface area contributed by atoms with Crippen molar-refractivity contribution in [2.75, 3.05) is 12.4 Å². The van der Waals surface area contributed by atoms with Gasteiger partial charge in [0.15, 0.2) is 11.5 Å². The van der Waals surface area contributed by atoms with Gasteiger partial charge >= 0.3 is 0 Å². The second kappa shape index (κ2) is 8.30. The zero-order valence-electron chi connectivity index (χ0n) is 17.6. The summed E-state index contributed by atoms with van der Waals surface area (Å²) in [6.45, 7) is 0. The molecule has 0 amide bonds. The first-order chi connectivity index (χ1) is 15.2. The molecule has 1 fully saturated rings. The molecule has 0 unspecified atom stereocenters. The third-order valence-electron chi connectivity index (χ3n) is 6.08. The van der Waals surface area contributed by atoms with Crippen LogP contribution in [-0.4, -0.2) is 33.2 Å². The zero-order valence-corrected chi connectivity index (χ0v) is 17.6. The van der Waals surface area contributed by atoms with Gasteiger partial charge in [0.2, 0.25) is 0 Å². The van der Waals surface area contributed by atoms with Gasteiger partial charge in [-0.1, -0.05) is 25.3 Å². The number of hydrogen-bond donors (Lipinski definition) is 3. The first kappa shape index (κ1) is 19.4. The summed E-state index contributed by atoms with van der Waals surface area (Å²) in [5, 5.41) is 14.5. The number of H-pyrrole nitrogens is 1. The van der Waals surface area contributed by atoms with E-state index in [0.29, 0.717) is 11.8 Å². The van der Waals surface area contributed by atoms with Crippen LogP contribution in [-0.2, 0) is 0 Å². The van der Waals surface area contributed by atoms with Crippen molar-refractivity contribution in [3.8, 4) is 33.8 Å². The van der Waals surface area contributed by atoms with Gasteiger partial charge in [0.05, 0.1) is 7.11 Å². The Morgan fingerprint density at radius 3 is 2.55 bits per heavy atom. The predicted molar refractivity (Wildman–Crippen MR) is 123 cm³/mol. The molecule has 0 spiro atoms. The summed E-state index contributed by atoms with van der Waals surface area (Å²) in [5.74, 6) is 1.50. The summed E-state index contributed by atoms with van der Waals surface area (Å²) in [4.78, 5) is 12.5. The number of nitrogens with one attached hydrogen (secondary N) is 2. The van der Waals surface area contributed by atoms with Crippen LogP contribution in [0.3, 0.4) is 0 Å². The predicted octanol–water partition coefficient (Wildman–Crippen LogP) is 5.75. The van der Waals surface area contributed by atoms with Crippen molar-refractivity contribution >= 4 is 16.9 Å². The molecule has 1 aliphatic rings. The van der Waals surface area contributed by atoms with Crippen molar-refractivity contribution in [2.24, 2.45) is 0 Å². The number of aromatic nitrogens is 3. The Morgan fingerprint density at radius 1 is 0.968 bits per heavy atom. The van der Waals surface area contributed by atoms with E-state index in [4.69, 9.17) is 4.74 Å². The number of pyridine rings is 2. The van der Waals surface area contributed by atoms with Gasteiger partial charge in [-0.15, -0.1) is 0 Å². The molecule has 6 nitrogen and oxygen atoms in total. The number of methoxy groups -OCH3 is 1. The van der Waals surface area contributed by atoms with Gasteiger partial charge in [0, 0.05) is 46.7 Å². The molecule has 31 heavy (non-hydrogen) atoms. The van der Waals surface area contributed by atoms with Crippen LogP contribution in [0, 0.1) is 0 Å². The maximum atomic E-state index is 9.88. The molecule has 158 valence electrons. The highest BCUT2D eigenvalue weighted by atomic mass is 16.5. The lowest BCUT2D eigenvalue weighted by Crippen LogP contribution is -2.22. The van der Waals surface area contributed by atoms with E-state index in [1.54, 1.807) is 13.2 Å². The number of ether oxygens (including phenoxy) is 1. The highest BCUT2D eigenvalue weighted by molar-refractivity contribution is 5.95. The van der Waals surface area contributed by atoms with Gasteiger partial charge in [-0.3, -0.25) is 0 Å². The van der Waals surface area contributed by atoms with Crippen LogP contribution >= 0.6 is 0 Å². The minimum atomic E-state index is 0.121. The first-order valence-electron chi connectivity index (χ1n) is 10.8. The van der Waals surface area contributed by atoms with Crippen molar-refractivity contribution < 1.29 is 9.84 Å². The lowest BCUT2D eigenvalue weighted by atomic mass is 9.95. The lowest BCUT2D eigenvalue weighted by Gasteiger charge is -2.23. The number of anilines is 1. The Kier molecular flexibility index (Phi) is 5.20. The summed E-state index contributed by atoms with van der Waals surface area (Å²) in [5.41, 5.74) is 4.82. The standard InChI is InChI=1S/C25H26N4O2/c1-31-23-12-16(7-9-22(23)30)18-11-20-21(15-28-25(20)27-14-18)17-8-10-24(26-13-17)29-19-5-3-2-4-6-19/h7-15,19,30H,2-6H2,1H3,(H,26,29)(H,27,28). The molecule has 1 aliphatic carbocycles. The molecule has 4 aromatic rings. The molecule has 0 aliphatic heterocycles. The SMILES string of the molecule is COc1cc(-c2cnc3[nH]cc(-c4ccc(NC5CCCCC5)nc4)c3c2)ccc1O. The van der Waals surface area contributed by atoms with Crippen molar-refractivity contribution in [3.63, 3.8) is 0 Å². The molecule has 3 heterocycles. The largest absolute Gasteiger partial charge is 0.504 e. The van der Waals surface area contributed by atoms with Crippen molar-refractivity contribution in [3.05, 3.63) is 55.0 Å². The van der Waals surface area contributed by atoms with Gasteiger partial charge in [-0.25, -0.2) is 9.97 Å². The molecular formula is C25H26N4O2. The zero-order chi connectivity index (χ0) is 21.2. The topological polar surface area (TPSA) is 83.1 Å². The number of aromatic hydroxyl groups is 1. The number of fused-ring (bicyclic) bond motifs is 1. The van der Waals surface area contributed by atoms with Crippen molar-refractivity contribution in [2.45, 2.75) is 38.1 Å². The highest BCUT2D eigenvalue weighted by Gasteiger charge is 2.14. The van der Waals surface area contributed by atoms with Gasteiger partial charge in [0.25, 0.3) is 0 Å². The number of hydrogen-bond acceptors (Lipinski definition) is 5. The van der Waals surface area contributed by atoms with E-state index in [1.807, 2.05) is 30.7 Å². The van der Waals surface area contributed by atoms with Crippen LogP contribution in [0.2, 0.25) is 0 Å². The summed E-state index contributed by atoms with van der Waals surface area (Å²) in [6.07, 6.45) is 12.1. The summed E-state index contributed by atoms with van der Waals surface area (Å²) >= 11 is 0. The smallest absolute Gasteiger partial charge is 0.161 e. The van der Waals surface area contributed by atoms with E-state index in [1.165, 1.54) is 32.1 Å². The maximum Gasteiger partial charge on any atom is 0.161 e. The fourth-order valence-electron chi connectivity index (χ4n) is 4.35. The van der Waals surface area contributed by atoms with Gasteiger partial charge in [0.1, 0.15) is 11.5 Å². The number of benzene rings is 1. The molecule has 0 atom stereocenters.